The van der Waals surface area contributed by atoms with E-state index in [0.29, 0.717) is 0 Å². The Morgan fingerprint density at radius 2 is 2.15 bits per heavy atom. The van der Waals surface area contributed by atoms with Crippen molar-refractivity contribution in [1.82, 2.24) is 0 Å². The topological polar surface area (TPSA) is 44.5 Å². The predicted octanol–water partition coefficient (Wildman–Crippen LogP) is 2.98. The predicted molar refractivity (Wildman–Crippen MR) is 79.6 cm³/mol. The van der Waals surface area contributed by atoms with Crippen LogP contribution in [0.5, 0.6) is 0 Å². The SMILES string of the molecule is CCCOC1C(N)CC1OC1CCCc2ccccc21. The van der Waals surface area contributed by atoms with Gasteiger partial charge in [0.05, 0.1) is 18.3 Å². The van der Waals surface area contributed by atoms with Gasteiger partial charge in [-0.15, -0.1) is 0 Å². The molecule has 0 saturated heterocycles. The summed E-state index contributed by atoms with van der Waals surface area (Å²) in [6, 6.07) is 8.80. The normalized spacial score (nSPS) is 32.5. The molecular formula is C17H25NO2. The molecule has 3 nitrogen and oxygen atoms in total. The summed E-state index contributed by atoms with van der Waals surface area (Å²) in [6.07, 6.45) is 5.94. The largest absolute Gasteiger partial charge is 0.374 e. The summed E-state index contributed by atoms with van der Waals surface area (Å²) in [4.78, 5) is 0. The first-order valence-corrected chi connectivity index (χ1v) is 7.90. The fourth-order valence-corrected chi connectivity index (χ4v) is 3.30. The molecule has 0 aliphatic heterocycles. The van der Waals surface area contributed by atoms with Gasteiger partial charge in [0.15, 0.2) is 0 Å². The molecule has 2 aliphatic carbocycles. The maximum Gasteiger partial charge on any atom is 0.0988 e. The summed E-state index contributed by atoms with van der Waals surface area (Å²) in [6.45, 7) is 2.90. The second-order valence-electron chi connectivity index (χ2n) is 5.99. The van der Waals surface area contributed by atoms with Crippen LogP contribution in [-0.4, -0.2) is 24.9 Å². The number of fused-ring (bicyclic) bond motifs is 1. The van der Waals surface area contributed by atoms with Gasteiger partial charge < -0.3 is 15.2 Å². The molecule has 2 N–H and O–H groups in total. The van der Waals surface area contributed by atoms with Crippen LogP contribution in [-0.2, 0) is 15.9 Å². The van der Waals surface area contributed by atoms with Gasteiger partial charge in [-0.25, -0.2) is 0 Å². The molecule has 0 radical (unpaired) electrons. The first-order chi connectivity index (χ1) is 9.79. The van der Waals surface area contributed by atoms with Crippen LogP contribution in [0, 0.1) is 0 Å². The Morgan fingerprint density at radius 3 is 2.95 bits per heavy atom. The van der Waals surface area contributed by atoms with Crippen LogP contribution in [0.4, 0.5) is 0 Å². The van der Waals surface area contributed by atoms with Crippen molar-refractivity contribution in [2.75, 3.05) is 6.61 Å². The zero-order valence-corrected chi connectivity index (χ0v) is 12.3. The van der Waals surface area contributed by atoms with Crippen molar-refractivity contribution in [2.45, 2.75) is 63.4 Å². The van der Waals surface area contributed by atoms with Crippen molar-refractivity contribution >= 4 is 0 Å². The van der Waals surface area contributed by atoms with E-state index in [1.54, 1.807) is 0 Å². The van der Waals surface area contributed by atoms with Gasteiger partial charge in [0, 0.05) is 12.6 Å². The third-order valence-electron chi connectivity index (χ3n) is 4.46. The molecule has 1 fully saturated rings. The molecule has 0 spiro atoms. The van der Waals surface area contributed by atoms with Crippen LogP contribution in [0.1, 0.15) is 49.8 Å². The lowest BCUT2D eigenvalue weighted by molar-refractivity contribution is -0.165. The van der Waals surface area contributed by atoms with Gasteiger partial charge in [-0.05, 0) is 43.2 Å². The zero-order valence-electron chi connectivity index (χ0n) is 12.3. The van der Waals surface area contributed by atoms with Crippen LogP contribution in [0.25, 0.3) is 0 Å². The highest BCUT2D eigenvalue weighted by molar-refractivity contribution is 5.31. The van der Waals surface area contributed by atoms with Crippen molar-refractivity contribution in [2.24, 2.45) is 5.73 Å². The number of benzene rings is 1. The molecule has 1 aromatic rings. The summed E-state index contributed by atoms with van der Waals surface area (Å²) in [7, 11) is 0. The van der Waals surface area contributed by atoms with Crippen molar-refractivity contribution in [3.8, 4) is 0 Å². The molecule has 3 rings (SSSR count). The second kappa shape index (κ2) is 6.25. The maximum atomic E-state index is 6.33. The Kier molecular flexibility index (Phi) is 4.39. The minimum atomic E-state index is 0.0871. The van der Waals surface area contributed by atoms with E-state index in [1.165, 1.54) is 24.0 Å². The first kappa shape index (κ1) is 14.1. The molecule has 3 heteroatoms. The molecule has 0 aromatic heterocycles. The Labute approximate surface area is 121 Å². The van der Waals surface area contributed by atoms with Gasteiger partial charge in [-0.2, -0.15) is 0 Å². The summed E-state index contributed by atoms with van der Waals surface area (Å²) in [5.41, 5.74) is 8.86. The molecule has 2 aliphatic rings. The Balaban J connectivity index is 1.64. The van der Waals surface area contributed by atoms with Crippen molar-refractivity contribution in [3.05, 3.63) is 35.4 Å². The second-order valence-corrected chi connectivity index (χ2v) is 5.99. The standard InChI is InChI=1S/C17H25NO2/c1-2-10-19-17-14(18)11-16(17)20-15-9-5-7-12-6-3-4-8-13(12)15/h3-4,6,8,14-17H,2,5,7,9-11,18H2,1H3. The van der Waals surface area contributed by atoms with Gasteiger partial charge in [0.1, 0.15) is 0 Å². The lowest BCUT2D eigenvalue weighted by atomic mass is 9.84. The van der Waals surface area contributed by atoms with E-state index in [-0.39, 0.29) is 24.4 Å². The van der Waals surface area contributed by atoms with E-state index >= 15 is 0 Å². The zero-order chi connectivity index (χ0) is 13.9. The molecule has 0 heterocycles. The molecule has 110 valence electrons. The highest BCUT2D eigenvalue weighted by atomic mass is 16.6. The summed E-state index contributed by atoms with van der Waals surface area (Å²) in [5, 5.41) is 0. The van der Waals surface area contributed by atoms with Gasteiger partial charge in [-0.3, -0.25) is 0 Å². The molecule has 0 bridgehead atoms. The van der Waals surface area contributed by atoms with Gasteiger partial charge in [0.2, 0.25) is 0 Å². The first-order valence-electron chi connectivity index (χ1n) is 7.90. The smallest absolute Gasteiger partial charge is 0.0988 e. The maximum absolute atomic E-state index is 6.33. The fraction of sp³-hybridized carbons (Fsp3) is 0.647. The quantitative estimate of drug-likeness (QED) is 0.898. The van der Waals surface area contributed by atoms with E-state index < -0.39 is 0 Å². The summed E-state index contributed by atoms with van der Waals surface area (Å²) >= 11 is 0. The third-order valence-corrected chi connectivity index (χ3v) is 4.46. The highest BCUT2D eigenvalue weighted by Gasteiger charge is 2.42. The molecule has 1 aromatic carbocycles. The lowest BCUT2D eigenvalue weighted by Crippen LogP contribution is -2.58. The van der Waals surface area contributed by atoms with Crippen LogP contribution >= 0.6 is 0 Å². The van der Waals surface area contributed by atoms with Gasteiger partial charge >= 0.3 is 0 Å². The number of rotatable bonds is 5. The molecule has 4 atom stereocenters. The number of hydrogen-bond acceptors (Lipinski definition) is 3. The number of hydrogen-bond donors (Lipinski definition) is 1. The van der Waals surface area contributed by atoms with E-state index in [9.17, 15) is 0 Å². The average Bonchev–Trinajstić information content (AvgIpc) is 2.47. The molecule has 0 amide bonds. The summed E-state index contributed by atoms with van der Waals surface area (Å²) in [5.74, 6) is 0. The van der Waals surface area contributed by atoms with E-state index in [1.807, 2.05) is 0 Å². The third kappa shape index (κ3) is 2.76. The molecule has 1 saturated carbocycles. The van der Waals surface area contributed by atoms with Gasteiger partial charge in [-0.1, -0.05) is 31.2 Å². The molecular weight excluding hydrogens is 250 g/mol. The molecule has 4 unspecified atom stereocenters. The van der Waals surface area contributed by atoms with Crippen LogP contribution in [0.2, 0.25) is 0 Å². The highest BCUT2D eigenvalue weighted by Crippen LogP contribution is 2.37. The van der Waals surface area contributed by atoms with Crippen LogP contribution in [0.3, 0.4) is 0 Å². The Bertz CT molecular complexity index is 448. The fourth-order valence-electron chi connectivity index (χ4n) is 3.30. The van der Waals surface area contributed by atoms with Crippen LogP contribution < -0.4 is 5.73 Å². The van der Waals surface area contributed by atoms with Gasteiger partial charge in [0.25, 0.3) is 0 Å². The Hall–Kier alpha value is -0.900. The minimum Gasteiger partial charge on any atom is -0.374 e. The van der Waals surface area contributed by atoms with Crippen LogP contribution in [0.15, 0.2) is 24.3 Å². The monoisotopic (exact) mass is 275 g/mol. The van der Waals surface area contributed by atoms with Crippen molar-refractivity contribution in [1.29, 1.82) is 0 Å². The molecule has 20 heavy (non-hydrogen) atoms. The van der Waals surface area contributed by atoms with E-state index in [0.717, 1.165) is 25.9 Å². The number of nitrogens with two attached hydrogens (primary N) is 1. The van der Waals surface area contributed by atoms with E-state index in [2.05, 4.69) is 31.2 Å². The van der Waals surface area contributed by atoms with Crippen molar-refractivity contribution < 1.29 is 9.47 Å². The Morgan fingerprint density at radius 1 is 1.30 bits per heavy atom. The average molecular weight is 275 g/mol. The van der Waals surface area contributed by atoms with E-state index in [4.69, 9.17) is 15.2 Å². The number of aryl methyl sites for hydroxylation is 1. The summed E-state index contributed by atoms with van der Waals surface area (Å²) < 4.78 is 12.2. The lowest BCUT2D eigenvalue weighted by Gasteiger charge is -2.44. The minimum absolute atomic E-state index is 0.0871. The van der Waals surface area contributed by atoms with Crippen molar-refractivity contribution in [3.63, 3.8) is 0 Å². The number of ether oxygens (including phenoxy) is 2.